The van der Waals surface area contributed by atoms with Crippen molar-refractivity contribution in [3.63, 3.8) is 0 Å². The summed E-state index contributed by atoms with van der Waals surface area (Å²) in [5.74, 6) is 1.29. The summed E-state index contributed by atoms with van der Waals surface area (Å²) in [7, 11) is 1.68. The van der Waals surface area contributed by atoms with Crippen LogP contribution >= 0.6 is 0 Å². The summed E-state index contributed by atoms with van der Waals surface area (Å²) in [6.07, 6.45) is 2.89. The summed E-state index contributed by atoms with van der Waals surface area (Å²) in [6.45, 7) is 4.36. The zero-order chi connectivity index (χ0) is 19.8. The number of aromatic nitrogens is 3. The van der Waals surface area contributed by atoms with E-state index in [9.17, 15) is 9.59 Å². The Kier molecular flexibility index (Phi) is 4.78. The van der Waals surface area contributed by atoms with Crippen LogP contribution in [0.2, 0.25) is 0 Å². The molecule has 0 bridgehead atoms. The van der Waals surface area contributed by atoms with Crippen molar-refractivity contribution in [3.8, 4) is 5.75 Å². The molecule has 0 spiro atoms. The predicted molar refractivity (Wildman–Crippen MR) is 103 cm³/mol. The van der Waals surface area contributed by atoms with Crippen LogP contribution in [0.25, 0.3) is 0 Å². The van der Waals surface area contributed by atoms with E-state index in [0.717, 1.165) is 25.1 Å². The lowest BCUT2D eigenvalue weighted by Gasteiger charge is -2.26. The maximum Gasteiger partial charge on any atom is 0.291 e. The summed E-state index contributed by atoms with van der Waals surface area (Å²) in [5.41, 5.74) is 0.680. The molecule has 2 aliphatic heterocycles. The lowest BCUT2D eigenvalue weighted by molar-refractivity contribution is -0.120. The van der Waals surface area contributed by atoms with E-state index in [1.165, 1.54) is 4.90 Å². The van der Waals surface area contributed by atoms with Gasteiger partial charge in [-0.3, -0.25) is 9.59 Å². The number of anilines is 1. The number of hydrogen-bond donors (Lipinski definition) is 1. The monoisotopic (exact) mass is 383 g/mol. The molecule has 2 amide bonds. The fourth-order valence-electron chi connectivity index (χ4n) is 3.87. The number of carbonyl (C=O) groups excluding carboxylic acids is 2. The molecule has 0 radical (unpaired) electrons. The van der Waals surface area contributed by atoms with Gasteiger partial charge in [-0.1, -0.05) is 26.0 Å². The molecule has 0 fully saturated rings. The number of amides is 2. The van der Waals surface area contributed by atoms with Gasteiger partial charge in [-0.15, -0.1) is 5.10 Å². The molecule has 4 rings (SSSR count). The highest BCUT2D eigenvalue weighted by Crippen LogP contribution is 2.30. The molecule has 2 atom stereocenters. The van der Waals surface area contributed by atoms with Gasteiger partial charge < -0.3 is 15.0 Å². The number of benzene rings is 1. The Morgan fingerprint density at radius 1 is 1.32 bits per heavy atom. The van der Waals surface area contributed by atoms with Crippen molar-refractivity contribution in [2.45, 2.75) is 45.2 Å². The molecule has 0 saturated heterocycles. The topological polar surface area (TPSA) is 89.3 Å². The highest BCUT2D eigenvalue weighted by Gasteiger charge is 2.32. The number of fused-ring (bicyclic) bond motifs is 2. The van der Waals surface area contributed by atoms with Crippen molar-refractivity contribution in [2.75, 3.05) is 18.6 Å². The second-order valence-corrected chi connectivity index (χ2v) is 7.70. The van der Waals surface area contributed by atoms with Gasteiger partial charge in [-0.2, -0.15) is 0 Å². The van der Waals surface area contributed by atoms with Crippen LogP contribution in [0.15, 0.2) is 24.3 Å². The van der Waals surface area contributed by atoms with Gasteiger partial charge in [0.05, 0.1) is 11.7 Å². The van der Waals surface area contributed by atoms with Crippen LogP contribution in [0.4, 0.5) is 5.69 Å². The second kappa shape index (κ2) is 7.26. The average Bonchev–Trinajstić information content (AvgIpc) is 3.10. The normalized spacial score (nSPS) is 21.6. The van der Waals surface area contributed by atoms with Crippen LogP contribution in [-0.2, 0) is 11.2 Å². The fourth-order valence-corrected chi connectivity index (χ4v) is 3.87. The Morgan fingerprint density at radius 2 is 2.11 bits per heavy atom. The lowest BCUT2D eigenvalue weighted by Crippen LogP contribution is -2.49. The van der Waals surface area contributed by atoms with Crippen LogP contribution in [0, 0.1) is 5.92 Å². The van der Waals surface area contributed by atoms with E-state index in [1.807, 2.05) is 22.9 Å². The van der Waals surface area contributed by atoms with Crippen molar-refractivity contribution < 1.29 is 14.3 Å². The third-order valence-electron chi connectivity index (χ3n) is 5.46. The van der Waals surface area contributed by atoms with Crippen LogP contribution in [-0.4, -0.2) is 46.3 Å². The van der Waals surface area contributed by atoms with Crippen LogP contribution in [0.5, 0.6) is 5.75 Å². The average molecular weight is 383 g/mol. The van der Waals surface area contributed by atoms with E-state index < -0.39 is 11.9 Å². The molecule has 8 heteroatoms. The molecule has 1 aromatic heterocycles. The van der Waals surface area contributed by atoms with Crippen LogP contribution < -0.4 is 15.0 Å². The Labute approximate surface area is 163 Å². The van der Waals surface area contributed by atoms with E-state index in [0.29, 0.717) is 17.4 Å². The molecule has 8 nitrogen and oxygen atoms in total. The number of rotatable bonds is 3. The summed E-state index contributed by atoms with van der Waals surface area (Å²) >= 11 is 0. The quantitative estimate of drug-likeness (QED) is 0.875. The Hall–Kier alpha value is -2.90. The Morgan fingerprint density at radius 3 is 2.89 bits per heavy atom. The SMILES string of the molecule is CC(C)C1CCCc2nc(C(=O)N[C@H]3COc4ccccc4N(C)C3=O)nn21. The minimum atomic E-state index is -0.800. The van der Waals surface area contributed by atoms with Gasteiger partial charge in [0.25, 0.3) is 11.8 Å². The molecule has 0 aliphatic carbocycles. The van der Waals surface area contributed by atoms with E-state index in [-0.39, 0.29) is 24.4 Å². The molecule has 28 heavy (non-hydrogen) atoms. The first-order valence-electron chi connectivity index (χ1n) is 9.71. The zero-order valence-corrected chi connectivity index (χ0v) is 16.4. The maximum atomic E-state index is 12.8. The Balaban J connectivity index is 1.52. The zero-order valence-electron chi connectivity index (χ0n) is 16.4. The van der Waals surface area contributed by atoms with Gasteiger partial charge in [0.2, 0.25) is 5.82 Å². The van der Waals surface area contributed by atoms with Crippen molar-refractivity contribution in [1.29, 1.82) is 0 Å². The van der Waals surface area contributed by atoms with Gasteiger partial charge >= 0.3 is 0 Å². The minimum absolute atomic E-state index is 0.0636. The molecule has 1 unspecified atom stereocenters. The van der Waals surface area contributed by atoms with Gasteiger partial charge in [-0.25, -0.2) is 9.67 Å². The molecule has 1 N–H and O–H groups in total. The molecule has 148 valence electrons. The van der Waals surface area contributed by atoms with Gasteiger partial charge in [0.15, 0.2) is 0 Å². The molecule has 0 saturated carbocycles. The van der Waals surface area contributed by atoms with E-state index in [1.54, 1.807) is 13.1 Å². The van der Waals surface area contributed by atoms with Crippen molar-refractivity contribution in [3.05, 3.63) is 35.9 Å². The maximum absolute atomic E-state index is 12.8. The highest BCUT2D eigenvalue weighted by atomic mass is 16.5. The molecular weight excluding hydrogens is 358 g/mol. The van der Waals surface area contributed by atoms with Crippen LogP contribution in [0.1, 0.15) is 49.2 Å². The minimum Gasteiger partial charge on any atom is -0.489 e. The largest absolute Gasteiger partial charge is 0.489 e. The first kappa shape index (κ1) is 18.5. The van der Waals surface area contributed by atoms with Gasteiger partial charge in [0, 0.05) is 13.5 Å². The lowest BCUT2D eigenvalue weighted by atomic mass is 9.95. The highest BCUT2D eigenvalue weighted by molar-refractivity contribution is 6.02. The second-order valence-electron chi connectivity index (χ2n) is 7.70. The number of likely N-dealkylation sites (N-methyl/N-ethyl adjacent to an activating group) is 1. The first-order valence-corrected chi connectivity index (χ1v) is 9.71. The number of para-hydroxylation sites is 2. The molecule has 2 aromatic rings. The van der Waals surface area contributed by atoms with Gasteiger partial charge in [0.1, 0.15) is 24.2 Å². The predicted octanol–water partition coefficient (Wildman–Crippen LogP) is 1.97. The number of nitrogens with one attached hydrogen (secondary N) is 1. The van der Waals surface area contributed by atoms with Crippen molar-refractivity contribution in [1.82, 2.24) is 20.1 Å². The Bertz CT molecular complexity index is 907. The molecule has 1 aromatic carbocycles. The van der Waals surface area contributed by atoms with E-state index in [2.05, 4.69) is 29.2 Å². The number of hydrogen-bond acceptors (Lipinski definition) is 5. The van der Waals surface area contributed by atoms with E-state index >= 15 is 0 Å². The third kappa shape index (κ3) is 3.23. The standard InChI is InChI=1S/C20H25N5O3/c1-12(2)14-8-6-10-17-22-18(23-25(14)17)19(26)21-13-11-28-16-9-5-4-7-15(16)24(3)20(13)27/h4-5,7,9,12-14H,6,8,10-11H2,1-3H3,(H,21,26)/t13-,14?/m0/s1. The summed E-state index contributed by atoms with van der Waals surface area (Å²) in [6, 6.07) is 6.76. The number of carbonyl (C=O) groups is 2. The molecular formula is C20H25N5O3. The first-order chi connectivity index (χ1) is 13.5. The summed E-state index contributed by atoms with van der Waals surface area (Å²) < 4.78 is 7.63. The van der Waals surface area contributed by atoms with Crippen LogP contribution in [0.3, 0.4) is 0 Å². The van der Waals surface area contributed by atoms with Crippen molar-refractivity contribution >= 4 is 17.5 Å². The van der Waals surface area contributed by atoms with E-state index in [4.69, 9.17) is 4.74 Å². The molecule has 3 heterocycles. The summed E-state index contributed by atoms with van der Waals surface area (Å²) in [5, 5.41) is 7.20. The summed E-state index contributed by atoms with van der Waals surface area (Å²) in [4.78, 5) is 31.5. The number of aryl methyl sites for hydroxylation is 1. The number of ether oxygens (including phenoxy) is 1. The van der Waals surface area contributed by atoms with Crippen molar-refractivity contribution in [2.24, 2.45) is 5.92 Å². The van der Waals surface area contributed by atoms with Gasteiger partial charge in [-0.05, 0) is 30.9 Å². The smallest absolute Gasteiger partial charge is 0.291 e. The third-order valence-corrected chi connectivity index (χ3v) is 5.46. The number of nitrogens with zero attached hydrogens (tertiary/aromatic N) is 4. The molecule has 2 aliphatic rings. The fraction of sp³-hybridized carbons (Fsp3) is 0.500.